The zero-order valence-electron chi connectivity index (χ0n) is 11.8. The summed E-state index contributed by atoms with van der Waals surface area (Å²) in [5.41, 5.74) is 0.371. The standard InChI is InChI=1S/C15H9ClF3N3OS/c16-9-6-7-11-20-12(21-14(23)15(17,18)19)13(22(11)8-9)24-10-4-2-1-3-5-10/h1-8H,(H,21,23). The predicted molar refractivity (Wildman–Crippen MR) is 85.5 cm³/mol. The molecule has 3 aromatic rings. The highest BCUT2D eigenvalue weighted by Gasteiger charge is 2.39. The maximum Gasteiger partial charge on any atom is 0.471 e. The molecule has 1 N–H and O–H groups in total. The Bertz CT molecular complexity index is 896. The van der Waals surface area contributed by atoms with E-state index in [1.807, 2.05) is 11.4 Å². The van der Waals surface area contributed by atoms with E-state index in [1.54, 1.807) is 36.4 Å². The Labute approximate surface area is 143 Å². The molecule has 0 atom stereocenters. The number of aromatic nitrogens is 2. The van der Waals surface area contributed by atoms with Gasteiger partial charge < -0.3 is 5.32 Å². The fraction of sp³-hybridized carbons (Fsp3) is 0.0667. The Morgan fingerprint density at radius 2 is 1.88 bits per heavy atom. The number of carbonyl (C=O) groups is 1. The molecule has 3 rings (SSSR count). The molecule has 24 heavy (non-hydrogen) atoms. The van der Waals surface area contributed by atoms with Crippen molar-refractivity contribution >= 4 is 40.7 Å². The average Bonchev–Trinajstić information content (AvgIpc) is 2.85. The van der Waals surface area contributed by atoms with Crippen LogP contribution in [-0.2, 0) is 4.79 Å². The minimum Gasteiger partial charge on any atom is -0.300 e. The Balaban J connectivity index is 2.07. The molecule has 0 saturated heterocycles. The molecule has 0 radical (unpaired) electrons. The van der Waals surface area contributed by atoms with Crippen molar-refractivity contribution in [3.63, 3.8) is 0 Å². The number of hydrogen-bond acceptors (Lipinski definition) is 3. The Morgan fingerprint density at radius 1 is 1.17 bits per heavy atom. The van der Waals surface area contributed by atoms with Crippen molar-refractivity contribution in [2.24, 2.45) is 0 Å². The van der Waals surface area contributed by atoms with Gasteiger partial charge in [0.1, 0.15) is 10.7 Å². The molecule has 0 saturated carbocycles. The van der Waals surface area contributed by atoms with Crippen molar-refractivity contribution in [1.82, 2.24) is 9.38 Å². The molecular weight excluding hydrogens is 363 g/mol. The SMILES string of the molecule is O=C(Nc1nc2ccc(Cl)cn2c1Sc1ccccc1)C(F)(F)F. The average molecular weight is 372 g/mol. The summed E-state index contributed by atoms with van der Waals surface area (Å²) in [6.45, 7) is 0. The van der Waals surface area contributed by atoms with Crippen molar-refractivity contribution < 1.29 is 18.0 Å². The van der Waals surface area contributed by atoms with E-state index >= 15 is 0 Å². The molecule has 0 fully saturated rings. The first kappa shape index (κ1) is 16.7. The molecule has 0 bridgehead atoms. The van der Waals surface area contributed by atoms with Gasteiger partial charge in [-0.15, -0.1) is 0 Å². The first-order valence-electron chi connectivity index (χ1n) is 6.63. The maximum absolute atomic E-state index is 12.5. The van der Waals surface area contributed by atoms with Gasteiger partial charge in [-0.2, -0.15) is 13.2 Å². The summed E-state index contributed by atoms with van der Waals surface area (Å²) < 4.78 is 39.1. The highest BCUT2D eigenvalue weighted by Crippen LogP contribution is 2.35. The maximum atomic E-state index is 12.5. The van der Waals surface area contributed by atoms with E-state index in [-0.39, 0.29) is 5.82 Å². The van der Waals surface area contributed by atoms with E-state index in [2.05, 4.69) is 4.98 Å². The van der Waals surface area contributed by atoms with Gasteiger partial charge in [0, 0.05) is 11.1 Å². The van der Waals surface area contributed by atoms with E-state index in [4.69, 9.17) is 11.6 Å². The van der Waals surface area contributed by atoms with Gasteiger partial charge in [-0.25, -0.2) is 4.98 Å². The minimum absolute atomic E-state index is 0.173. The number of anilines is 1. The molecule has 2 aromatic heterocycles. The molecule has 9 heteroatoms. The number of rotatable bonds is 3. The van der Waals surface area contributed by atoms with Crippen LogP contribution in [0.2, 0.25) is 5.02 Å². The molecule has 0 aliphatic carbocycles. The van der Waals surface area contributed by atoms with Crippen LogP contribution in [0.4, 0.5) is 19.0 Å². The van der Waals surface area contributed by atoms with Gasteiger partial charge >= 0.3 is 12.1 Å². The number of hydrogen-bond donors (Lipinski definition) is 1. The second-order valence-electron chi connectivity index (χ2n) is 4.71. The van der Waals surface area contributed by atoms with Crippen LogP contribution in [-0.4, -0.2) is 21.5 Å². The quantitative estimate of drug-likeness (QED) is 0.729. The van der Waals surface area contributed by atoms with E-state index in [1.165, 1.54) is 22.4 Å². The van der Waals surface area contributed by atoms with Crippen LogP contribution in [0.25, 0.3) is 5.65 Å². The molecular formula is C15H9ClF3N3OS. The summed E-state index contributed by atoms with van der Waals surface area (Å²) in [6.07, 6.45) is -3.47. The normalized spacial score (nSPS) is 11.7. The molecule has 1 aromatic carbocycles. The lowest BCUT2D eigenvalue weighted by Crippen LogP contribution is -2.30. The summed E-state index contributed by atoms with van der Waals surface area (Å²) >= 11 is 7.13. The van der Waals surface area contributed by atoms with Crippen LogP contribution in [0, 0.1) is 0 Å². The molecule has 0 spiro atoms. The molecule has 4 nitrogen and oxygen atoms in total. The third kappa shape index (κ3) is 3.49. The van der Waals surface area contributed by atoms with Crippen LogP contribution in [0.1, 0.15) is 0 Å². The van der Waals surface area contributed by atoms with Gasteiger partial charge in [0.15, 0.2) is 5.82 Å². The number of nitrogens with one attached hydrogen (secondary N) is 1. The summed E-state index contributed by atoms with van der Waals surface area (Å²) in [7, 11) is 0. The van der Waals surface area contributed by atoms with Gasteiger partial charge in [-0.1, -0.05) is 41.6 Å². The van der Waals surface area contributed by atoms with Crippen molar-refractivity contribution in [3.8, 4) is 0 Å². The number of alkyl halides is 3. The summed E-state index contributed by atoms with van der Waals surface area (Å²) in [4.78, 5) is 16.1. The van der Waals surface area contributed by atoms with Crippen molar-refractivity contribution in [2.45, 2.75) is 16.1 Å². The Kier molecular flexibility index (Phi) is 4.42. The number of pyridine rings is 1. The highest BCUT2D eigenvalue weighted by atomic mass is 35.5. The Hall–Kier alpha value is -2.19. The largest absolute Gasteiger partial charge is 0.471 e. The number of amides is 1. The zero-order chi connectivity index (χ0) is 17.3. The fourth-order valence-electron chi connectivity index (χ4n) is 1.95. The van der Waals surface area contributed by atoms with E-state index in [0.29, 0.717) is 15.7 Å². The van der Waals surface area contributed by atoms with Crippen LogP contribution in [0.3, 0.4) is 0 Å². The number of halogens is 4. The van der Waals surface area contributed by atoms with E-state index in [9.17, 15) is 18.0 Å². The summed E-state index contributed by atoms with van der Waals surface area (Å²) in [5.74, 6) is -2.25. The fourth-order valence-corrected chi connectivity index (χ4v) is 3.07. The van der Waals surface area contributed by atoms with E-state index < -0.39 is 12.1 Å². The highest BCUT2D eigenvalue weighted by molar-refractivity contribution is 7.99. The first-order valence-corrected chi connectivity index (χ1v) is 7.83. The van der Waals surface area contributed by atoms with Crippen molar-refractivity contribution in [2.75, 3.05) is 5.32 Å². The third-order valence-corrected chi connectivity index (χ3v) is 4.30. The molecule has 0 aliphatic heterocycles. The Morgan fingerprint density at radius 3 is 2.54 bits per heavy atom. The van der Waals surface area contributed by atoms with Gasteiger partial charge in [-0.3, -0.25) is 9.20 Å². The molecule has 124 valence electrons. The lowest BCUT2D eigenvalue weighted by atomic mass is 10.4. The van der Waals surface area contributed by atoms with Gasteiger partial charge in [-0.05, 0) is 24.3 Å². The topological polar surface area (TPSA) is 46.4 Å². The van der Waals surface area contributed by atoms with Crippen molar-refractivity contribution in [3.05, 3.63) is 53.7 Å². The first-order chi connectivity index (χ1) is 11.3. The van der Waals surface area contributed by atoms with Crippen LogP contribution >= 0.6 is 23.4 Å². The molecule has 0 unspecified atom stereocenters. The van der Waals surface area contributed by atoms with Crippen LogP contribution < -0.4 is 5.32 Å². The molecule has 2 heterocycles. The van der Waals surface area contributed by atoms with E-state index in [0.717, 1.165) is 4.90 Å². The smallest absolute Gasteiger partial charge is 0.300 e. The summed E-state index contributed by atoms with van der Waals surface area (Å²) in [5, 5.41) is 2.54. The summed E-state index contributed by atoms with van der Waals surface area (Å²) in [6, 6.07) is 12.1. The van der Waals surface area contributed by atoms with Crippen LogP contribution in [0.15, 0.2) is 58.6 Å². The van der Waals surface area contributed by atoms with Crippen molar-refractivity contribution in [1.29, 1.82) is 0 Å². The second kappa shape index (κ2) is 6.37. The number of benzene rings is 1. The van der Waals surface area contributed by atoms with Gasteiger partial charge in [0.25, 0.3) is 0 Å². The predicted octanol–water partition coefficient (Wildman–Crippen LogP) is 4.64. The minimum atomic E-state index is -5.00. The number of nitrogens with zero attached hydrogens (tertiary/aromatic N) is 2. The van der Waals surface area contributed by atoms with Gasteiger partial charge in [0.2, 0.25) is 0 Å². The van der Waals surface area contributed by atoms with Crippen LogP contribution in [0.5, 0.6) is 0 Å². The molecule has 1 amide bonds. The monoisotopic (exact) mass is 371 g/mol. The van der Waals surface area contributed by atoms with Gasteiger partial charge in [0.05, 0.1) is 5.02 Å². The second-order valence-corrected chi connectivity index (χ2v) is 6.21. The zero-order valence-corrected chi connectivity index (χ0v) is 13.4. The number of fused-ring (bicyclic) bond motifs is 1. The lowest BCUT2D eigenvalue weighted by molar-refractivity contribution is -0.167. The lowest BCUT2D eigenvalue weighted by Gasteiger charge is -2.08. The third-order valence-electron chi connectivity index (χ3n) is 2.99. The molecule has 0 aliphatic rings. The number of carbonyl (C=O) groups excluding carboxylic acids is 1. The number of imidazole rings is 1.